The van der Waals surface area contributed by atoms with Gasteiger partial charge in [-0.2, -0.15) is 0 Å². The van der Waals surface area contributed by atoms with Crippen LogP contribution in [0.5, 0.6) is 0 Å². The molecule has 0 aromatic heterocycles. The largest absolute Gasteiger partial charge is 0.478 e. The third-order valence-corrected chi connectivity index (χ3v) is 2.77. The minimum Gasteiger partial charge on any atom is -0.478 e. The van der Waals surface area contributed by atoms with Crippen molar-refractivity contribution in [2.75, 3.05) is 6.61 Å². The SMILES string of the molecule is Cc1cc(C(=O)O)ccc1[C@@H](CO)NC(=O)OC(C)(C)C. The molecule has 0 saturated heterocycles. The third kappa shape index (κ3) is 5.07. The van der Waals surface area contributed by atoms with Crippen molar-refractivity contribution in [2.24, 2.45) is 0 Å². The number of ether oxygens (including phenoxy) is 1. The zero-order valence-electron chi connectivity index (χ0n) is 12.6. The lowest BCUT2D eigenvalue weighted by molar-refractivity contribution is 0.0481. The van der Waals surface area contributed by atoms with Gasteiger partial charge in [0.05, 0.1) is 18.2 Å². The smallest absolute Gasteiger partial charge is 0.408 e. The van der Waals surface area contributed by atoms with Crippen LogP contribution < -0.4 is 5.32 Å². The van der Waals surface area contributed by atoms with E-state index in [4.69, 9.17) is 9.84 Å². The molecule has 3 N–H and O–H groups in total. The van der Waals surface area contributed by atoms with Crippen molar-refractivity contribution >= 4 is 12.1 Å². The molecular formula is C15H21NO5. The van der Waals surface area contributed by atoms with Gasteiger partial charge in [0, 0.05) is 0 Å². The average Bonchev–Trinajstić information content (AvgIpc) is 2.34. The molecule has 0 fully saturated rings. The minimum atomic E-state index is -1.02. The summed E-state index contributed by atoms with van der Waals surface area (Å²) in [6.07, 6.45) is -0.636. The molecule has 0 heterocycles. The van der Waals surface area contributed by atoms with Crippen LogP contribution in [0.25, 0.3) is 0 Å². The number of nitrogens with one attached hydrogen (secondary N) is 1. The van der Waals surface area contributed by atoms with Crippen molar-refractivity contribution in [1.29, 1.82) is 0 Å². The van der Waals surface area contributed by atoms with E-state index in [1.165, 1.54) is 12.1 Å². The molecule has 0 aliphatic heterocycles. The predicted octanol–water partition coefficient (Wildman–Crippen LogP) is 2.25. The van der Waals surface area contributed by atoms with Crippen LogP contribution in [0.3, 0.4) is 0 Å². The number of hydrogen-bond acceptors (Lipinski definition) is 4. The van der Waals surface area contributed by atoms with Crippen molar-refractivity contribution in [3.63, 3.8) is 0 Å². The summed E-state index contributed by atoms with van der Waals surface area (Å²) in [5, 5.41) is 20.9. The van der Waals surface area contributed by atoms with Gasteiger partial charge in [-0.05, 0) is 51.0 Å². The van der Waals surface area contributed by atoms with Crippen LogP contribution in [0.2, 0.25) is 0 Å². The van der Waals surface area contributed by atoms with E-state index in [-0.39, 0.29) is 12.2 Å². The van der Waals surface area contributed by atoms with Crippen LogP contribution in [0.15, 0.2) is 18.2 Å². The number of aryl methyl sites for hydroxylation is 1. The van der Waals surface area contributed by atoms with Crippen molar-refractivity contribution in [2.45, 2.75) is 39.3 Å². The maximum Gasteiger partial charge on any atom is 0.408 e. The van der Waals surface area contributed by atoms with Gasteiger partial charge in [-0.25, -0.2) is 9.59 Å². The van der Waals surface area contributed by atoms with Gasteiger partial charge in [0.1, 0.15) is 5.60 Å². The topological polar surface area (TPSA) is 95.9 Å². The molecule has 0 saturated carbocycles. The number of rotatable bonds is 4. The molecule has 6 nitrogen and oxygen atoms in total. The van der Waals surface area contributed by atoms with E-state index in [0.717, 1.165) is 0 Å². The summed E-state index contributed by atoms with van der Waals surface area (Å²) in [6.45, 7) is 6.64. The Kier molecular flexibility index (Phi) is 5.32. The fourth-order valence-electron chi connectivity index (χ4n) is 1.87. The number of aromatic carboxylic acids is 1. The molecule has 0 spiro atoms. The highest BCUT2D eigenvalue weighted by molar-refractivity contribution is 5.87. The number of carboxylic acid groups (broad SMARTS) is 1. The highest BCUT2D eigenvalue weighted by Gasteiger charge is 2.21. The average molecular weight is 295 g/mol. The minimum absolute atomic E-state index is 0.158. The first-order chi connectivity index (χ1) is 9.64. The van der Waals surface area contributed by atoms with Gasteiger partial charge < -0.3 is 20.3 Å². The van der Waals surface area contributed by atoms with Crippen LogP contribution in [0, 0.1) is 6.92 Å². The second-order valence-electron chi connectivity index (χ2n) is 5.76. The molecule has 0 radical (unpaired) electrons. The van der Waals surface area contributed by atoms with Crippen LogP contribution in [-0.4, -0.2) is 34.5 Å². The number of hydrogen-bond donors (Lipinski definition) is 3. The van der Waals surface area contributed by atoms with Gasteiger partial charge in [-0.15, -0.1) is 0 Å². The molecule has 1 aromatic carbocycles. The highest BCUT2D eigenvalue weighted by atomic mass is 16.6. The Hall–Kier alpha value is -2.08. The van der Waals surface area contributed by atoms with Crippen LogP contribution >= 0.6 is 0 Å². The second kappa shape index (κ2) is 6.58. The lowest BCUT2D eigenvalue weighted by Gasteiger charge is -2.23. The summed E-state index contributed by atoms with van der Waals surface area (Å²) in [4.78, 5) is 22.6. The second-order valence-corrected chi connectivity index (χ2v) is 5.76. The molecule has 0 aliphatic rings. The Labute approximate surface area is 123 Å². The van der Waals surface area contributed by atoms with Gasteiger partial charge in [0.25, 0.3) is 0 Å². The molecular weight excluding hydrogens is 274 g/mol. The summed E-state index contributed by atoms with van der Waals surface area (Å²) in [7, 11) is 0. The first-order valence-electron chi connectivity index (χ1n) is 6.58. The van der Waals surface area contributed by atoms with Crippen LogP contribution in [-0.2, 0) is 4.74 Å². The summed E-state index contributed by atoms with van der Waals surface area (Å²) in [5.74, 6) is -1.02. The number of carbonyl (C=O) groups is 2. The Morgan fingerprint density at radius 1 is 1.33 bits per heavy atom. The highest BCUT2D eigenvalue weighted by Crippen LogP contribution is 2.20. The molecule has 0 aliphatic carbocycles. The molecule has 116 valence electrons. The number of aliphatic hydroxyl groups is 1. The van der Waals surface area contributed by atoms with E-state index < -0.39 is 23.7 Å². The van der Waals surface area contributed by atoms with Gasteiger partial charge in [0.2, 0.25) is 0 Å². The summed E-state index contributed by atoms with van der Waals surface area (Å²) >= 11 is 0. The summed E-state index contributed by atoms with van der Waals surface area (Å²) < 4.78 is 5.14. The number of carbonyl (C=O) groups excluding carboxylic acids is 1. The molecule has 0 bridgehead atoms. The van der Waals surface area contributed by atoms with Crippen molar-refractivity contribution in [3.05, 3.63) is 34.9 Å². The Bertz CT molecular complexity index is 533. The van der Waals surface area contributed by atoms with E-state index in [2.05, 4.69) is 5.32 Å². The fraction of sp³-hybridized carbons (Fsp3) is 0.467. The monoisotopic (exact) mass is 295 g/mol. The van der Waals surface area contributed by atoms with Gasteiger partial charge in [0.15, 0.2) is 0 Å². The first-order valence-corrected chi connectivity index (χ1v) is 6.58. The van der Waals surface area contributed by atoms with Gasteiger partial charge in [-0.3, -0.25) is 0 Å². The number of amides is 1. The van der Waals surface area contributed by atoms with Crippen molar-refractivity contribution in [1.82, 2.24) is 5.32 Å². The Morgan fingerprint density at radius 3 is 2.38 bits per heavy atom. The zero-order valence-corrected chi connectivity index (χ0v) is 12.6. The lowest BCUT2D eigenvalue weighted by atomic mass is 9.99. The third-order valence-electron chi connectivity index (χ3n) is 2.77. The van der Waals surface area contributed by atoms with E-state index >= 15 is 0 Å². The normalized spacial score (nSPS) is 12.6. The number of carboxylic acids is 1. The quantitative estimate of drug-likeness (QED) is 0.791. The maximum absolute atomic E-state index is 11.7. The van der Waals surface area contributed by atoms with Crippen molar-refractivity contribution < 1.29 is 24.5 Å². The van der Waals surface area contributed by atoms with Gasteiger partial charge >= 0.3 is 12.1 Å². The van der Waals surface area contributed by atoms with E-state index in [0.29, 0.717) is 11.1 Å². The first kappa shape index (κ1) is 17.0. The Balaban J connectivity index is 2.90. The summed E-state index contributed by atoms with van der Waals surface area (Å²) in [5.41, 5.74) is 0.843. The maximum atomic E-state index is 11.7. The number of aliphatic hydroxyl groups excluding tert-OH is 1. The molecule has 1 aromatic rings. The Morgan fingerprint density at radius 2 is 1.95 bits per heavy atom. The molecule has 1 atom stereocenters. The van der Waals surface area contributed by atoms with E-state index in [1.54, 1.807) is 33.8 Å². The molecule has 0 unspecified atom stereocenters. The zero-order chi connectivity index (χ0) is 16.2. The molecule has 1 rings (SSSR count). The molecule has 21 heavy (non-hydrogen) atoms. The number of benzene rings is 1. The van der Waals surface area contributed by atoms with E-state index in [1.807, 2.05) is 0 Å². The summed E-state index contributed by atoms with van der Waals surface area (Å²) in [6, 6.07) is 3.86. The fourth-order valence-corrected chi connectivity index (χ4v) is 1.87. The predicted molar refractivity (Wildman–Crippen MR) is 77.3 cm³/mol. The van der Waals surface area contributed by atoms with E-state index in [9.17, 15) is 14.7 Å². The lowest BCUT2D eigenvalue weighted by Crippen LogP contribution is -2.36. The number of alkyl carbamates (subject to hydrolysis) is 1. The van der Waals surface area contributed by atoms with Gasteiger partial charge in [-0.1, -0.05) is 6.07 Å². The van der Waals surface area contributed by atoms with Crippen molar-refractivity contribution in [3.8, 4) is 0 Å². The molecule has 1 amide bonds. The standard InChI is InChI=1S/C15H21NO5/c1-9-7-10(13(18)19)5-6-11(9)12(8-17)16-14(20)21-15(2,3)4/h5-7,12,17H,8H2,1-4H3,(H,16,20)(H,18,19)/t12-/m1/s1. The molecule has 6 heteroatoms. The van der Waals surface area contributed by atoms with Crippen LogP contribution in [0.4, 0.5) is 4.79 Å². The van der Waals surface area contributed by atoms with Crippen LogP contribution in [0.1, 0.15) is 48.3 Å².